The van der Waals surface area contributed by atoms with Gasteiger partial charge in [-0.3, -0.25) is 0 Å². The van der Waals surface area contributed by atoms with Crippen molar-refractivity contribution in [3.8, 4) is 100 Å². The topological polar surface area (TPSA) is 9.72 Å². The third kappa shape index (κ3) is 17.2. The molecule has 0 saturated heterocycles. The lowest BCUT2D eigenvalue weighted by Gasteiger charge is -2.29. The molecule has 22 aromatic rings. The Balaban J connectivity index is 0.000000121. The maximum atomic E-state index is 2.40. The van der Waals surface area contributed by atoms with Crippen LogP contribution in [-0.4, -0.2) is 0 Å². The smallest absolute Gasteiger partial charge is 0.0540 e. The molecule has 0 saturated carbocycles. The molecule has 0 radical (unpaired) electrons. The van der Waals surface area contributed by atoms with Gasteiger partial charge in [0.1, 0.15) is 0 Å². The van der Waals surface area contributed by atoms with E-state index in [2.05, 4.69) is 555 Å². The molecule has 0 atom stereocenters. The molecule has 0 bridgehead atoms. The maximum absolute atomic E-state index is 2.40. The van der Waals surface area contributed by atoms with Crippen LogP contribution in [0.2, 0.25) is 0 Å². The monoisotopic (exact) mass is 1620 g/mol. The van der Waals surface area contributed by atoms with Gasteiger partial charge in [-0.15, -0.1) is 0 Å². The van der Waals surface area contributed by atoms with E-state index in [1.54, 1.807) is 0 Å². The molecule has 600 valence electrons. The fraction of sp³-hybridized carbons (Fsp3) is 0. The predicted octanol–water partition coefficient (Wildman–Crippen LogP) is 35.1. The molecule has 127 heavy (non-hydrogen) atoms. The van der Waals surface area contributed by atoms with E-state index in [0.717, 1.165) is 51.2 Å². The number of benzene rings is 22. The second-order valence-corrected chi connectivity index (χ2v) is 31.8. The molecule has 0 aliphatic rings. The van der Waals surface area contributed by atoms with Crippen molar-refractivity contribution in [2.24, 2.45) is 0 Å². The highest BCUT2D eigenvalue weighted by molar-refractivity contribution is 6.04. The van der Waals surface area contributed by atoms with Gasteiger partial charge in [-0.2, -0.15) is 0 Å². The van der Waals surface area contributed by atoms with E-state index in [0.29, 0.717) is 0 Å². The van der Waals surface area contributed by atoms with Crippen molar-refractivity contribution in [2.45, 2.75) is 0 Å². The van der Waals surface area contributed by atoms with Crippen molar-refractivity contribution in [3.05, 3.63) is 540 Å². The number of fused-ring (bicyclic) bond motifs is 4. The van der Waals surface area contributed by atoms with Crippen LogP contribution in [0.5, 0.6) is 0 Å². The fourth-order valence-corrected chi connectivity index (χ4v) is 17.7. The maximum Gasteiger partial charge on any atom is 0.0540 e. The van der Waals surface area contributed by atoms with Gasteiger partial charge in [0.2, 0.25) is 0 Å². The lowest BCUT2D eigenvalue weighted by Crippen LogP contribution is -2.11. The molecule has 0 aromatic heterocycles. The summed E-state index contributed by atoms with van der Waals surface area (Å²) >= 11 is 0. The second-order valence-electron chi connectivity index (χ2n) is 31.8. The Hall–Kier alpha value is -16.7. The molecule has 0 N–H and O–H groups in total. The van der Waals surface area contributed by atoms with Crippen molar-refractivity contribution in [3.63, 3.8) is 0 Å². The summed E-state index contributed by atoms with van der Waals surface area (Å²) < 4.78 is 0. The molecule has 3 nitrogen and oxygen atoms in total. The lowest BCUT2D eigenvalue weighted by molar-refractivity contribution is 1.28. The summed E-state index contributed by atoms with van der Waals surface area (Å²) in [6.45, 7) is 0. The summed E-state index contributed by atoms with van der Waals surface area (Å²) in [5, 5.41) is 9.99. The normalized spacial score (nSPS) is 11.0. The first-order chi connectivity index (χ1) is 63.0. The summed E-state index contributed by atoms with van der Waals surface area (Å²) in [5.41, 5.74) is 32.2. The van der Waals surface area contributed by atoms with Crippen molar-refractivity contribution in [1.82, 2.24) is 0 Å². The first kappa shape index (κ1) is 78.8. The van der Waals surface area contributed by atoms with E-state index in [1.807, 2.05) is 0 Å². The standard InChI is InChI=1S/C46H33N.C44H31N.C34H25N/c1-4-11-34(12-5-1)36-19-26-42(27-20-36)47(43-28-21-37(22-29-43)35-13-6-2-7-14-35)44-30-23-38(24-31-44)40-25-32-46-41(33-40)17-10-18-45(46)39-15-8-3-9-16-39;1-3-13-33(14-4-1)39-22-11-19-37-31-36(27-30-40(37)39)32-25-28-38(29-26-32)45(44-24-12-18-35-17-7-8-20-42(35)44)43-23-10-9-21-41(43)34-15-5-2-6-16-34;1-4-11-27(12-5-1)33-18-10-13-29-25-28(21-24-34(29)33)26-19-22-32(23-20-26)35(30-14-6-2-7-15-30)31-16-8-3-9-17-31/h1-33H;1-31H;1-25H. The van der Waals surface area contributed by atoms with Crippen LogP contribution in [-0.2, 0) is 0 Å². The van der Waals surface area contributed by atoms with Crippen LogP contribution in [0.1, 0.15) is 0 Å². The molecule has 3 heteroatoms. The minimum atomic E-state index is 1.11. The number of hydrogen-bond donors (Lipinski definition) is 0. The van der Waals surface area contributed by atoms with E-state index < -0.39 is 0 Å². The molecule has 0 aliphatic heterocycles. The van der Waals surface area contributed by atoms with Gasteiger partial charge in [0.05, 0.1) is 11.4 Å². The van der Waals surface area contributed by atoms with Crippen molar-refractivity contribution in [1.29, 1.82) is 0 Å². The lowest BCUT2D eigenvalue weighted by atomic mass is 9.95. The van der Waals surface area contributed by atoms with Gasteiger partial charge < -0.3 is 14.7 Å². The highest BCUT2D eigenvalue weighted by atomic mass is 15.2. The van der Waals surface area contributed by atoms with E-state index in [-0.39, 0.29) is 0 Å². The van der Waals surface area contributed by atoms with E-state index in [1.165, 1.54) is 143 Å². The highest BCUT2D eigenvalue weighted by Crippen LogP contribution is 2.46. The number of hydrogen-bond acceptors (Lipinski definition) is 3. The Morgan fingerprint density at radius 2 is 0.315 bits per heavy atom. The molecular weight excluding hydrogens is 1530 g/mol. The largest absolute Gasteiger partial charge is 0.311 e. The Labute approximate surface area is 743 Å². The van der Waals surface area contributed by atoms with Gasteiger partial charge in [-0.05, 0) is 248 Å². The molecule has 0 heterocycles. The molecule has 0 unspecified atom stereocenters. The zero-order valence-corrected chi connectivity index (χ0v) is 70.2. The summed E-state index contributed by atoms with van der Waals surface area (Å²) in [6, 6.07) is 193. The third-order valence-electron chi connectivity index (χ3n) is 24.0. The summed E-state index contributed by atoms with van der Waals surface area (Å²) in [7, 11) is 0. The van der Waals surface area contributed by atoms with E-state index in [9.17, 15) is 0 Å². The summed E-state index contributed by atoms with van der Waals surface area (Å²) in [4.78, 5) is 7.02. The Bertz CT molecular complexity index is 7340. The Kier molecular flexibility index (Phi) is 22.9. The van der Waals surface area contributed by atoms with Crippen molar-refractivity contribution >= 4 is 94.3 Å². The molecule has 22 aromatic carbocycles. The van der Waals surface area contributed by atoms with Crippen LogP contribution in [0.15, 0.2) is 540 Å². The summed E-state index contributed by atoms with van der Waals surface area (Å²) in [5.74, 6) is 0. The van der Waals surface area contributed by atoms with Gasteiger partial charge in [-0.25, -0.2) is 0 Å². The van der Waals surface area contributed by atoms with Crippen molar-refractivity contribution < 1.29 is 0 Å². The quantitative estimate of drug-likeness (QED) is 0.0848. The van der Waals surface area contributed by atoms with E-state index in [4.69, 9.17) is 0 Å². The van der Waals surface area contributed by atoms with Gasteiger partial charge >= 0.3 is 0 Å². The zero-order chi connectivity index (χ0) is 84.9. The molecule has 22 rings (SSSR count). The highest BCUT2D eigenvalue weighted by Gasteiger charge is 2.22. The third-order valence-corrected chi connectivity index (χ3v) is 24.0. The Morgan fingerprint density at radius 1 is 0.102 bits per heavy atom. The van der Waals surface area contributed by atoms with Crippen molar-refractivity contribution in [2.75, 3.05) is 14.7 Å². The summed E-state index contributed by atoms with van der Waals surface area (Å²) in [6.07, 6.45) is 0. The number of para-hydroxylation sites is 3. The minimum Gasteiger partial charge on any atom is -0.311 e. The predicted molar refractivity (Wildman–Crippen MR) is 542 cm³/mol. The van der Waals surface area contributed by atoms with Crippen LogP contribution in [0.3, 0.4) is 0 Å². The number of anilines is 9. The van der Waals surface area contributed by atoms with Crippen LogP contribution in [0, 0.1) is 0 Å². The van der Waals surface area contributed by atoms with Crippen LogP contribution < -0.4 is 14.7 Å². The first-order valence-electron chi connectivity index (χ1n) is 43.5. The molecule has 0 spiro atoms. The first-order valence-corrected chi connectivity index (χ1v) is 43.5. The van der Waals surface area contributed by atoms with Gasteiger partial charge in [0, 0.05) is 50.8 Å². The van der Waals surface area contributed by atoms with Gasteiger partial charge in [0.15, 0.2) is 0 Å². The molecular formula is C124H89N3. The minimum absolute atomic E-state index is 1.11. The number of nitrogens with zero attached hydrogens (tertiary/aromatic N) is 3. The molecule has 0 aliphatic carbocycles. The SMILES string of the molecule is c1ccc(-c2ccc(N(c3ccc(-c4ccccc4)cc3)c3ccc(-c4ccc5c(-c6ccccc6)cccc5c4)cc3)cc2)cc1.c1ccc(-c2cccc3cc(-c4ccc(N(c5ccccc5)c5ccccc5)cc4)ccc23)cc1.c1ccc(-c2ccccc2N(c2ccc(-c3ccc4c(-c5ccccc5)cccc4c3)cc2)c2cccc3ccccc23)cc1. The van der Waals surface area contributed by atoms with Crippen LogP contribution in [0.25, 0.3) is 143 Å². The van der Waals surface area contributed by atoms with E-state index >= 15 is 0 Å². The van der Waals surface area contributed by atoms with Crippen LogP contribution in [0.4, 0.5) is 51.2 Å². The second kappa shape index (κ2) is 36.9. The van der Waals surface area contributed by atoms with Gasteiger partial charge in [-0.1, -0.05) is 425 Å². The number of rotatable bonds is 18. The molecule has 0 amide bonds. The fourth-order valence-electron chi connectivity index (χ4n) is 17.7. The average Bonchev–Trinajstić information content (AvgIpc) is 0.767. The average molecular weight is 1620 g/mol. The Morgan fingerprint density at radius 3 is 0.661 bits per heavy atom. The van der Waals surface area contributed by atoms with Crippen LogP contribution >= 0.6 is 0 Å². The molecule has 0 fully saturated rings. The van der Waals surface area contributed by atoms with Gasteiger partial charge in [0.25, 0.3) is 0 Å². The zero-order valence-electron chi connectivity index (χ0n) is 70.2.